The maximum atomic E-state index is 11.6. The fraction of sp³-hybridized carbons (Fsp3) is 0.750. The SMILES string of the molecule is CCN1C(=O)N[C@@H]2[C@@H]1N(C)C(=O)N2C. The molecule has 2 atom stereocenters. The second-order valence-electron chi connectivity index (χ2n) is 3.60. The Morgan fingerprint density at radius 2 is 1.93 bits per heavy atom. The summed E-state index contributed by atoms with van der Waals surface area (Å²) in [6, 6.07) is -0.160. The van der Waals surface area contributed by atoms with Crippen molar-refractivity contribution in [2.45, 2.75) is 19.3 Å². The number of amides is 4. The molecule has 0 aliphatic carbocycles. The van der Waals surface area contributed by atoms with Gasteiger partial charge in [0.25, 0.3) is 0 Å². The molecule has 0 bridgehead atoms. The summed E-state index contributed by atoms with van der Waals surface area (Å²) >= 11 is 0. The van der Waals surface area contributed by atoms with Crippen molar-refractivity contribution in [3.63, 3.8) is 0 Å². The molecule has 6 nitrogen and oxygen atoms in total. The summed E-state index contributed by atoms with van der Waals surface area (Å²) in [5.74, 6) is 0. The smallest absolute Gasteiger partial charge is 0.314 e. The fourth-order valence-electron chi connectivity index (χ4n) is 2.10. The molecular weight excluding hydrogens is 184 g/mol. The molecule has 0 aromatic heterocycles. The second kappa shape index (κ2) is 2.76. The first-order chi connectivity index (χ1) is 6.57. The standard InChI is InChI=1S/C8H14N4O2/c1-4-12-6-5(9-7(12)13)10(2)8(14)11(6)3/h5-6H,4H2,1-3H3,(H,9,13)/t5-,6+/m0/s1. The van der Waals surface area contributed by atoms with Gasteiger partial charge in [0.1, 0.15) is 12.3 Å². The normalized spacial score (nSPS) is 31.2. The molecule has 0 radical (unpaired) electrons. The van der Waals surface area contributed by atoms with E-state index in [0.717, 1.165) is 0 Å². The highest BCUT2D eigenvalue weighted by Crippen LogP contribution is 2.25. The van der Waals surface area contributed by atoms with Crippen LogP contribution in [0, 0.1) is 0 Å². The zero-order chi connectivity index (χ0) is 10.5. The number of likely N-dealkylation sites (N-methyl/N-ethyl adjacent to an activating group) is 3. The first kappa shape index (κ1) is 9.11. The molecule has 2 saturated heterocycles. The lowest BCUT2D eigenvalue weighted by atomic mass is 10.4. The van der Waals surface area contributed by atoms with Gasteiger partial charge in [-0.2, -0.15) is 0 Å². The van der Waals surface area contributed by atoms with E-state index in [1.807, 2.05) is 6.92 Å². The Kier molecular flexibility index (Phi) is 1.80. The van der Waals surface area contributed by atoms with Gasteiger partial charge in [-0.15, -0.1) is 0 Å². The Bertz CT molecular complexity index is 293. The minimum Gasteiger partial charge on any atom is -0.314 e. The number of carbonyl (C=O) groups excluding carboxylic acids is 2. The van der Waals surface area contributed by atoms with Gasteiger partial charge < -0.3 is 20.0 Å². The highest BCUT2D eigenvalue weighted by Gasteiger charge is 2.51. The molecule has 0 spiro atoms. The van der Waals surface area contributed by atoms with Gasteiger partial charge in [-0.25, -0.2) is 9.59 Å². The zero-order valence-electron chi connectivity index (χ0n) is 8.52. The number of hydrogen-bond acceptors (Lipinski definition) is 2. The molecule has 6 heteroatoms. The summed E-state index contributed by atoms with van der Waals surface area (Å²) in [7, 11) is 3.41. The van der Waals surface area contributed by atoms with E-state index in [2.05, 4.69) is 5.32 Å². The molecule has 1 N–H and O–H groups in total. The highest BCUT2D eigenvalue weighted by molar-refractivity contribution is 5.84. The van der Waals surface area contributed by atoms with Gasteiger partial charge in [-0.3, -0.25) is 0 Å². The molecule has 2 fully saturated rings. The van der Waals surface area contributed by atoms with Crippen LogP contribution in [0.4, 0.5) is 9.59 Å². The predicted octanol–water partition coefficient (Wildman–Crippen LogP) is -0.319. The third kappa shape index (κ3) is 0.906. The van der Waals surface area contributed by atoms with Gasteiger partial charge in [0.2, 0.25) is 0 Å². The van der Waals surface area contributed by atoms with Gasteiger partial charge in [0, 0.05) is 20.6 Å². The van der Waals surface area contributed by atoms with Crippen molar-refractivity contribution in [3.8, 4) is 0 Å². The van der Waals surface area contributed by atoms with E-state index in [1.165, 1.54) is 0 Å². The molecule has 4 amide bonds. The van der Waals surface area contributed by atoms with Crippen LogP contribution >= 0.6 is 0 Å². The van der Waals surface area contributed by atoms with Crippen molar-refractivity contribution in [1.82, 2.24) is 20.0 Å². The minimum atomic E-state index is -0.208. The molecule has 0 aromatic carbocycles. The number of carbonyl (C=O) groups is 2. The molecule has 0 saturated carbocycles. The van der Waals surface area contributed by atoms with Gasteiger partial charge >= 0.3 is 12.1 Å². The first-order valence-corrected chi connectivity index (χ1v) is 4.64. The Labute approximate surface area is 82.4 Å². The van der Waals surface area contributed by atoms with Crippen LogP contribution in [0.15, 0.2) is 0 Å². The molecular formula is C8H14N4O2. The summed E-state index contributed by atoms with van der Waals surface area (Å²) in [4.78, 5) is 27.8. The Morgan fingerprint density at radius 1 is 1.29 bits per heavy atom. The molecule has 2 rings (SSSR count). The molecule has 2 aliphatic heterocycles. The highest BCUT2D eigenvalue weighted by atomic mass is 16.2. The first-order valence-electron chi connectivity index (χ1n) is 4.64. The van der Waals surface area contributed by atoms with E-state index in [0.29, 0.717) is 6.54 Å². The Morgan fingerprint density at radius 3 is 2.50 bits per heavy atom. The molecule has 0 aromatic rings. The van der Waals surface area contributed by atoms with Crippen molar-refractivity contribution in [2.75, 3.05) is 20.6 Å². The number of urea groups is 2. The van der Waals surface area contributed by atoms with Crippen LogP contribution in [0.25, 0.3) is 0 Å². The average Bonchev–Trinajstić information content (AvgIpc) is 2.59. The van der Waals surface area contributed by atoms with Gasteiger partial charge in [0.15, 0.2) is 0 Å². The summed E-state index contributed by atoms with van der Waals surface area (Å²) < 4.78 is 0. The monoisotopic (exact) mass is 198 g/mol. The molecule has 2 heterocycles. The van der Waals surface area contributed by atoms with Crippen LogP contribution in [-0.2, 0) is 0 Å². The van der Waals surface area contributed by atoms with Crippen LogP contribution in [-0.4, -0.2) is 59.7 Å². The predicted molar refractivity (Wildman–Crippen MR) is 49.4 cm³/mol. The quantitative estimate of drug-likeness (QED) is 0.628. The molecule has 0 unspecified atom stereocenters. The number of nitrogens with zero attached hydrogens (tertiary/aromatic N) is 3. The Balaban J connectivity index is 2.30. The third-order valence-corrected chi connectivity index (χ3v) is 2.89. The third-order valence-electron chi connectivity index (χ3n) is 2.89. The van der Waals surface area contributed by atoms with Crippen LogP contribution in [0.5, 0.6) is 0 Å². The molecule has 78 valence electrons. The number of rotatable bonds is 1. The number of fused-ring (bicyclic) bond motifs is 1. The van der Waals surface area contributed by atoms with Crippen molar-refractivity contribution in [3.05, 3.63) is 0 Å². The van der Waals surface area contributed by atoms with E-state index in [9.17, 15) is 9.59 Å². The van der Waals surface area contributed by atoms with Gasteiger partial charge in [0.05, 0.1) is 0 Å². The molecule has 2 aliphatic rings. The maximum Gasteiger partial charge on any atom is 0.323 e. The summed E-state index contributed by atoms with van der Waals surface area (Å²) in [5.41, 5.74) is 0. The summed E-state index contributed by atoms with van der Waals surface area (Å²) in [5, 5.41) is 2.78. The molecule has 14 heavy (non-hydrogen) atoms. The summed E-state index contributed by atoms with van der Waals surface area (Å²) in [6.07, 6.45) is -0.370. The van der Waals surface area contributed by atoms with E-state index >= 15 is 0 Å². The topological polar surface area (TPSA) is 55.9 Å². The van der Waals surface area contributed by atoms with Crippen molar-refractivity contribution in [1.29, 1.82) is 0 Å². The minimum absolute atomic E-state index is 0.0570. The average molecular weight is 198 g/mol. The van der Waals surface area contributed by atoms with Crippen molar-refractivity contribution < 1.29 is 9.59 Å². The zero-order valence-corrected chi connectivity index (χ0v) is 8.52. The van der Waals surface area contributed by atoms with Crippen LogP contribution < -0.4 is 5.32 Å². The van der Waals surface area contributed by atoms with E-state index in [4.69, 9.17) is 0 Å². The lowest BCUT2D eigenvalue weighted by Crippen LogP contribution is -2.44. The van der Waals surface area contributed by atoms with Crippen molar-refractivity contribution in [2.24, 2.45) is 0 Å². The van der Waals surface area contributed by atoms with Gasteiger partial charge in [-0.1, -0.05) is 0 Å². The lowest BCUT2D eigenvalue weighted by molar-refractivity contribution is 0.149. The number of nitrogens with one attached hydrogen (secondary N) is 1. The lowest BCUT2D eigenvalue weighted by Gasteiger charge is -2.24. The van der Waals surface area contributed by atoms with Gasteiger partial charge in [-0.05, 0) is 6.92 Å². The largest absolute Gasteiger partial charge is 0.323 e. The van der Waals surface area contributed by atoms with E-state index in [-0.39, 0.29) is 24.4 Å². The van der Waals surface area contributed by atoms with Crippen LogP contribution in [0.3, 0.4) is 0 Å². The van der Waals surface area contributed by atoms with E-state index in [1.54, 1.807) is 28.8 Å². The number of hydrogen-bond donors (Lipinski definition) is 1. The maximum absolute atomic E-state index is 11.6. The van der Waals surface area contributed by atoms with E-state index < -0.39 is 0 Å². The van der Waals surface area contributed by atoms with Crippen LogP contribution in [0.1, 0.15) is 6.92 Å². The fourth-order valence-corrected chi connectivity index (χ4v) is 2.10. The van der Waals surface area contributed by atoms with Crippen LogP contribution in [0.2, 0.25) is 0 Å². The Hall–Kier alpha value is -1.46. The second-order valence-corrected chi connectivity index (χ2v) is 3.60. The van der Waals surface area contributed by atoms with Crippen molar-refractivity contribution >= 4 is 12.1 Å². The summed E-state index contributed by atoms with van der Waals surface area (Å²) in [6.45, 7) is 2.51.